The molecular weight excluding hydrogens is 264 g/mol. The number of nitrogens with zero attached hydrogens (tertiary/aromatic N) is 2. The van der Waals surface area contributed by atoms with Gasteiger partial charge in [-0.15, -0.1) is 0 Å². The maximum atomic E-state index is 5.88. The Morgan fingerprint density at radius 3 is 2.81 bits per heavy atom. The van der Waals surface area contributed by atoms with Gasteiger partial charge < -0.3 is 15.8 Å². The van der Waals surface area contributed by atoms with E-state index < -0.39 is 0 Å². The number of ether oxygens (including phenoxy) is 1. The van der Waals surface area contributed by atoms with Crippen LogP contribution in [-0.2, 0) is 6.54 Å². The van der Waals surface area contributed by atoms with Crippen LogP contribution in [0.15, 0.2) is 41.4 Å². The zero-order valence-electron chi connectivity index (χ0n) is 12.6. The maximum Gasteiger partial charge on any atom is 0.193 e. The van der Waals surface area contributed by atoms with Crippen molar-refractivity contribution in [3.63, 3.8) is 0 Å². The van der Waals surface area contributed by atoms with Gasteiger partial charge in [-0.25, -0.2) is 4.99 Å². The molecule has 0 bridgehead atoms. The van der Waals surface area contributed by atoms with Crippen molar-refractivity contribution in [2.45, 2.75) is 20.4 Å². The Hall–Kier alpha value is -2.56. The zero-order valence-corrected chi connectivity index (χ0v) is 12.6. The highest BCUT2D eigenvalue weighted by Gasteiger charge is 2.00. The molecule has 0 aliphatic heterocycles. The number of nitrogens with one attached hydrogen (secondary N) is 1. The van der Waals surface area contributed by atoms with E-state index in [0.717, 1.165) is 22.8 Å². The minimum Gasteiger partial charge on any atom is -0.497 e. The molecule has 0 unspecified atom stereocenters. The summed E-state index contributed by atoms with van der Waals surface area (Å²) in [5.41, 5.74) is 9.80. The number of hydrogen-bond acceptors (Lipinski definition) is 3. The first-order valence-corrected chi connectivity index (χ1v) is 6.72. The van der Waals surface area contributed by atoms with Gasteiger partial charge in [0.2, 0.25) is 0 Å². The van der Waals surface area contributed by atoms with Gasteiger partial charge in [0.25, 0.3) is 0 Å². The molecule has 0 radical (unpaired) electrons. The molecule has 5 heteroatoms. The second-order valence-electron chi connectivity index (χ2n) is 4.76. The van der Waals surface area contributed by atoms with Gasteiger partial charge in [0.05, 0.1) is 19.3 Å². The first kappa shape index (κ1) is 14.8. The topological polar surface area (TPSA) is 72.5 Å². The summed E-state index contributed by atoms with van der Waals surface area (Å²) in [5, 5.41) is 3.03. The highest BCUT2D eigenvalue weighted by atomic mass is 16.5. The number of pyridine rings is 1. The lowest BCUT2D eigenvalue weighted by atomic mass is 10.2. The third-order valence-electron chi connectivity index (χ3n) is 3.16. The number of nitrogens with two attached hydrogens (primary N) is 1. The Morgan fingerprint density at radius 2 is 2.10 bits per heavy atom. The van der Waals surface area contributed by atoms with E-state index in [1.54, 1.807) is 7.11 Å². The second kappa shape index (κ2) is 6.74. The summed E-state index contributed by atoms with van der Waals surface area (Å²) in [6.45, 7) is 4.47. The number of guanidine groups is 1. The SMILES string of the molecule is COc1cccc(NC(N)=NCc2ccc(C)c(C)n2)c1. The largest absolute Gasteiger partial charge is 0.497 e. The van der Waals surface area contributed by atoms with Crippen LogP contribution in [0.4, 0.5) is 5.69 Å². The molecule has 3 N–H and O–H groups in total. The van der Waals surface area contributed by atoms with Crippen LogP contribution in [0, 0.1) is 13.8 Å². The standard InChI is InChI=1S/C16H20N4O/c1-11-7-8-14(19-12(11)2)10-18-16(17)20-13-5-4-6-15(9-13)21-3/h4-9H,10H2,1-3H3,(H3,17,18,20). The molecular formula is C16H20N4O. The Bertz CT molecular complexity index is 652. The fourth-order valence-electron chi connectivity index (χ4n) is 1.83. The third-order valence-corrected chi connectivity index (χ3v) is 3.16. The van der Waals surface area contributed by atoms with Crippen LogP contribution >= 0.6 is 0 Å². The molecule has 0 saturated heterocycles. The minimum atomic E-state index is 0.350. The molecule has 0 aliphatic carbocycles. The van der Waals surface area contributed by atoms with Gasteiger partial charge in [-0.2, -0.15) is 0 Å². The number of anilines is 1. The first-order chi connectivity index (χ1) is 10.1. The molecule has 0 amide bonds. The predicted octanol–water partition coefficient (Wildman–Crippen LogP) is 2.63. The van der Waals surface area contributed by atoms with Crippen molar-refractivity contribution in [2.24, 2.45) is 10.7 Å². The van der Waals surface area contributed by atoms with Crippen molar-refractivity contribution in [1.82, 2.24) is 4.98 Å². The van der Waals surface area contributed by atoms with E-state index in [0.29, 0.717) is 12.5 Å². The quantitative estimate of drug-likeness (QED) is 0.668. The fraction of sp³-hybridized carbons (Fsp3) is 0.250. The third kappa shape index (κ3) is 4.21. The number of aryl methyl sites for hydroxylation is 2. The highest BCUT2D eigenvalue weighted by Crippen LogP contribution is 2.16. The number of methoxy groups -OCH3 is 1. The van der Waals surface area contributed by atoms with Gasteiger partial charge in [0.15, 0.2) is 5.96 Å². The Kier molecular flexibility index (Phi) is 4.77. The average Bonchev–Trinajstić information content (AvgIpc) is 2.48. The first-order valence-electron chi connectivity index (χ1n) is 6.72. The molecule has 21 heavy (non-hydrogen) atoms. The van der Waals surface area contributed by atoms with Crippen LogP contribution in [0.5, 0.6) is 5.75 Å². The van der Waals surface area contributed by atoms with Gasteiger partial charge in [-0.05, 0) is 37.6 Å². The Labute approximate surface area is 124 Å². The normalized spacial score (nSPS) is 11.3. The monoisotopic (exact) mass is 284 g/mol. The summed E-state index contributed by atoms with van der Waals surface area (Å²) >= 11 is 0. The fourth-order valence-corrected chi connectivity index (χ4v) is 1.83. The van der Waals surface area contributed by atoms with E-state index in [-0.39, 0.29) is 0 Å². The molecule has 1 aromatic carbocycles. The summed E-state index contributed by atoms with van der Waals surface area (Å²) in [4.78, 5) is 8.76. The molecule has 5 nitrogen and oxygen atoms in total. The predicted molar refractivity (Wildman–Crippen MR) is 85.7 cm³/mol. The van der Waals surface area contributed by atoms with Crippen LogP contribution in [0.2, 0.25) is 0 Å². The lowest BCUT2D eigenvalue weighted by molar-refractivity contribution is 0.415. The van der Waals surface area contributed by atoms with Crippen LogP contribution in [0.3, 0.4) is 0 Å². The van der Waals surface area contributed by atoms with Crippen molar-refractivity contribution in [3.8, 4) is 5.75 Å². The Balaban J connectivity index is 2.01. The summed E-state index contributed by atoms with van der Waals surface area (Å²) < 4.78 is 5.16. The molecule has 0 atom stereocenters. The van der Waals surface area contributed by atoms with E-state index in [9.17, 15) is 0 Å². The van der Waals surface area contributed by atoms with Gasteiger partial charge in [0, 0.05) is 17.4 Å². The molecule has 0 saturated carbocycles. The molecule has 2 rings (SSSR count). The number of hydrogen-bond donors (Lipinski definition) is 2. The van der Waals surface area contributed by atoms with Crippen LogP contribution in [0.1, 0.15) is 17.0 Å². The molecule has 0 fully saturated rings. The molecule has 0 aliphatic rings. The van der Waals surface area contributed by atoms with Gasteiger partial charge in [-0.1, -0.05) is 12.1 Å². The minimum absolute atomic E-state index is 0.350. The number of rotatable bonds is 4. The van der Waals surface area contributed by atoms with Crippen LogP contribution in [0.25, 0.3) is 0 Å². The molecule has 1 heterocycles. The summed E-state index contributed by atoms with van der Waals surface area (Å²) in [5.74, 6) is 1.12. The average molecular weight is 284 g/mol. The van der Waals surface area contributed by atoms with Gasteiger partial charge in [-0.3, -0.25) is 4.98 Å². The number of aliphatic imine (C=N–C) groups is 1. The van der Waals surface area contributed by atoms with Crippen molar-refractivity contribution in [3.05, 3.63) is 53.3 Å². The lowest BCUT2D eigenvalue weighted by Gasteiger charge is -2.07. The number of benzene rings is 1. The van der Waals surface area contributed by atoms with E-state index in [1.165, 1.54) is 5.56 Å². The van der Waals surface area contributed by atoms with Crippen molar-refractivity contribution in [2.75, 3.05) is 12.4 Å². The van der Waals surface area contributed by atoms with E-state index in [4.69, 9.17) is 10.5 Å². The molecule has 0 spiro atoms. The van der Waals surface area contributed by atoms with Crippen LogP contribution < -0.4 is 15.8 Å². The molecule has 110 valence electrons. The lowest BCUT2D eigenvalue weighted by Crippen LogP contribution is -2.22. The van der Waals surface area contributed by atoms with E-state index >= 15 is 0 Å². The van der Waals surface area contributed by atoms with E-state index in [2.05, 4.69) is 15.3 Å². The maximum absolute atomic E-state index is 5.88. The summed E-state index contributed by atoms with van der Waals surface area (Å²) in [7, 11) is 1.63. The van der Waals surface area contributed by atoms with Crippen molar-refractivity contribution in [1.29, 1.82) is 0 Å². The zero-order chi connectivity index (χ0) is 15.2. The van der Waals surface area contributed by atoms with E-state index in [1.807, 2.05) is 50.2 Å². The van der Waals surface area contributed by atoms with Crippen LogP contribution in [-0.4, -0.2) is 18.1 Å². The summed E-state index contributed by atoms with van der Waals surface area (Å²) in [6, 6.07) is 11.5. The van der Waals surface area contributed by atoms with Gasteiger partial charge >= 0.3 is 0 Å². The van der Waals surface area contributed by atoms with Gasteiger partial charge in [0.1, 0.15) is 5.75 Å². The second-order valence-corrected chi connectivity index (χ2v) is 4.76. The highest BCUT2D eigenvalue weighted by molar-refractivity contribution is 5.92. The smallest absolute Gasteiger partial charge is 0.193 e. The Morgan fingerprint density at radius 1 is 1.29 bits per heavy atom. The number of aromatic nitrogens is 1. The molecule has 2 aromatic rings. The van der Waals surface area contributed by atoms with Crippen molar-refractivity contribution < 1.29 is 4.74 Å². The molecule has 1 aromatic heterocycles. The van der Waals surface area contributed by atoms with Crippen molar-refractivity contribution >= 4 is 11.6 Å². The summed E-state index contributed by atoms with van der Waals surface area (Å²) in [6.07, 6.45) is 0.